The van der Waals surface area contributed by atoms with E-state index in [-0.39, 0.29) is 0 Å². The van der Waals surface area contributed by atoms with Crippen LogP contribution < -0.4 is 0 Å². The first-order chi connectivity index (χ1) is 12.0. The van der Waals surface area contributed by atoms with Gasteiger partial charge in [0.05, 0.1) is 23.1 Å². The number of benzene rings is 2. The Balaban J connectivity index is 1.77. The summed E-state index contributed by atoms with van der Waals surface area (Å²) in [4.78, 5) is 7.52. The van der Waals surface area contributed by atoms with Crippen LogP contribution in [0.3, 0.4) is 0 Å². The minimum atomic E-state index is -3.21. The zero-order chi connectivity index (χ0) is 17.4. The third kappa shape index (κ3) is 3.15. The van der Waals surface area contributed by atoms with Gasteiger partial charge in [-0.1, -0.05) is 24.3 Å². The standard InChI is InChI=1S/C20H18N2O2S/c1-25(23,24)19-4-2-3-15(10-19)16-7-5-14-6-8-17(20(14)11-16)9-18-12-21-13-22-18/h2-5,7,9-13H,6,8H2,1H3,(H,21,22). The quantitative estimate of drug-likeness (QED) is 0.777. The van der Waals surface area contributed by atoms with E-state index in [2.05, 4.69) is 34.2 Å². The molecule has 25 heavy (non-hydrogen) atoms. The largest absolute Gasteiger partial charge is 0.345 e. The molecule has 0 atom stereocenters. The molecule has 4 rings (SSSR count). The van der Waals surface area contributed by atoms with Crippen LogP contribution in [0, 0.1) is 0 Å². The molecule has 4 nitrogen and oxygen atoms in total. The number of allylic oxidation sites excluding steroid dienone is 1. The van der Waals surface area contributed by atoms with Crippen molar-refractivity contribution in [1.82, 2.24) is 9.97 Å². The van der Waals surface area contributed by atoms with Crippen molar-refractivity contribution in [2.24, 2.45) is 0 Å². The number of hydrogen-bond acceptors (Lipinski definition) is 3. The maximum atomic E-state index is 11.8. The lowest BCUT2D eigenvalue weighted by Crippen LogP contribution is -1.96. The molecule has 0 spiro atoms. The van der Waals surface area contributed by atoms with Crippen molar-refractivity contribution in [3.63, 3.8) is 0 Å². The predicted molar refractivity (Wildman–Crippen MR) is 99.8 cm³/mol. The molecule has 1 N–H and O–H groups in total. The van der Waals surface area contributed by atoms with Gasteiger partial charge in [-0.2, -0.15) is 0 Å². The summed E-state index contributed by atoms with van der Waals surface area (Å²) in [5.41, 5.74) is 6.78. The number of aryl methyl sites for hydroxylation is 1. The fourth-order valence-corrected chi connectivity index (χ4v) is 3.93. The number of hydrogen-bond donors (Lipinski definition) is 1. The Morgan fingerprint density at radius 3 is 2.68 bits per heavy atom. The molecule has 0 bridgehead atoms. The fraction of sp³-hybridized carbons (Fsp3) is 0.150. The highest BCUT2D eigenvalue weighted by Gasteiger charge is 2.17. The topological polar surface area (TPSA) is 62.8 Å². The fourth-order valence-electron chi connectivity index (χ4n) is 3.27. The van der Waals surface area contributed by atoms with Crippen LogP contribution in [-0.2, 0) is 16.3 Å². The molecule has 0 unspecified atom stereocenters. The van der Waals surface area contributed by atoms with Crippen LogP contribution in [0.5, 0.6) is 0 Å². The first kappa shape index (κ1) is 15.8. The van der Waals surface area contributed by atoms with Gasteiger partial charge in [0.2, 0.25) is 0 Å². The number of H-pyrrole nitrogens is 1. The molecule has 0 radical (unpaired) electrons. The van der Waals surface area contributed by atoms with Crippen LogP contribution in [0.25, 0.3) is 22.8 Å². The summed E-state index contributed by atoms with van der Waals surface area (Å²) in [5, 5.41) is 0. The third-order valence-corrected chi connectivity index (χ3v) is 5.67. The van der Waals surface area contributed by atoms with Crippen molar-refractivity contribution in [3.8, 4) is 11.1 Å². The highest BCUT2D eigenvalue weighted by molar-refractivity contribution is 7.90. The SMILES string of the molecule is CS(=O)(=O)c1cccc(-c2ccc3c(c2)C(=Cc2cnc[nH]2)CC3)c1. The summed E-state index contributed by atoms with van der Waals surface area (Å²) in [5.74, 6) is 0. The number of fused-ring (bicyclic) bond motifs is 1. The average Bonchev–Trinajstić information content (AvgIpc) is 3.24. The van der Waals surface area contributed by atoms with Gasteiger partial charge in [0.15, 0.2) is 9.84 Å². The van der Waals surface area contributed by atoms with Gasteiger partial charge in [0.1, 0.15) is 0 Å². The van der Waals surface area contributed by atoms with Crippen LogP contribution in [-0.4, -0.2) is 24.6 Å². The molecule has 3 aromatic rings. The van der Waals surface area contributed by atoms with E-state index in [1.54, 1.807) is 24.5 Å². The van der Waals surface area contributed by atoms with E-state index in [9.17, 15) is 8.42 Å². The van der Waals surface area contributed by atoms with Crippen molar-refractivity contribution < 1.29 is 8.42 Å². The van der Waals surface area contributed by atoms with Crippen LogP contribution in [0.4, 0.5) is 0 Å². The number of sulfone groups is 1. The zero-order valence-electron chi connectivity index (χ0n) is 13.9. The van der Waals surface area contributed by atoms with Gasteiger partial charge in [-0.15, -0.1) is 0 Å². The number of rotatable bonds is 3. The van der Waals surface area contributed by atoms with Crippen molar-refractivity contribution >= 4 is 21.5 Å². The molecule has 1 aromatic heterocycles. The van der Waals surface area contributed by atoms with Gasteiger partial charge in [0, 0.05) is 6.26 Å². The second-order valence-electron chi connectivity index (χ2n) is 6.35. The second kappa shape index (κ2) is 6.01. The number of nitrogens with zero attached hydrogens (tertiary/aromatic N) is 1. The Morgan fingerprint density at radius 2 is 1.92 bits per heavy atom. The lowest BCUT2D eigenvalue weighted by Gasteiger charge is -2.08. The number of aromatic nitrogens is 2. The Morgan fingerprint density at radius 1 is 1.08 bits per heavy atom. The first-order valence-corrected chi connectivity index (χ1v) is 10.0. The normalized spacial score (nSPS) is 15.5. The summed E-state index contributed by atoms with van der Waals surface area (Å²) in [6.07, 6.45) is 8.88. The van der Waals surface area contributed by atoms with Gasteiger partial charge in [0.25, 0.3) is 0 Å². The van der Waals surface area contributed by atoms with Gasteiger partial charge >= 0.3 is 0 Å². The molecule has 5 heteroatoms. The molecule has 1 heterocycles. The van der Waals surface area contributed by atoms with E-state index in [1.165, 1.54) is 23.0 Å². The average molecular weight is 350 g/mol. The summed E-state index contributed by atoms with van der Waals surface area (Å²) < 4.78 is 23.6. The molecule has 0 aliphatic heterocycles. The number of imidazole rings is 1. The minimum Gasteiger partial charge on any atom is -0.345 e. The highest BCUT2D eigenvalue weighted by atomic mass is 32.2. The van der Waals surface area contributed by atoms with Crippen LogP contribution in [0.1, 0.15) is 23.2 Å². The molecular weight excluding hydrogens is 332 g/mol. The Hall–Kier alpha value is -2.66. The molecule has 0 fully saturated rings. The predicted octanol–water partition coefficient (Wildman–Crippen LogP) is 3.97. The van der Waals surface area contributed by atoms with E-state index < -0.39 is 9.84 Å². The molecule has 2 aromatic carbocycles. The van der Waals surface area contributed by atoms with Crippen LogP contribution >= 0.6 is 0 Å². The van der Waals surface area contributed by atoms with Crippen LogP contribution in [0.2, 0.25) is 0 Å². The third-order valence-electron chi connectivity index (χ3n) is 4.56. The zero-order valence-corrected chi connectivity index (χ0v) is 14.7. The smallest absolute Gasteiger partial charge is 0.175 e. The van der Waals surface area contributed by atoms with Crippen molar-refractivity contribution in [2.45, 2.75) is 17.7 Å². The van der Waals surface area contributed by atoms with E-state index in [1.807, 2.05) is 12.3 Å². The molecule has 0 saturated carbocycles. The molecule has 0 amide bonds. The van der Waals surface area contributed by atoms with Gasteiger partial charge in [-0.3, -0.25) is 0 Å². The second-order valence-corrected chi connectivity index (χ2v) is 8.36. The summed E-state index contributed by atoms with van der Waals surface area (Å²) in [7, 11) is -3.21. The van der Waals surface area contributed by atoms with E-state index in [0.717, 1.165) is 29.7 Å². The number of nitrogens with one attached hydrogen (secondary N) is 1. The van der Waals surface area contributed by atoms with Crippen LogP contribution in [0.15, 0.2) is 59.9 Å². The number of aromatic amines is 1. The lowest BCUT2D eigenvalue weighted by atomic mass is 9.99. The van der Waals surface area contributed by atoms with E-state index in [0.29, 0.717) is 4.90 Å². The molecular formula is C20H18N2O2S. The highest BCUT2D eigenvalue weighted by Crippen LogP contribution is 2.36. The molecule has 0 saturated heterocycles. The van der Waals surface area contributed by atoms with E-state index >= 15 is 0 Å². The maximum absolute atomic E-state index is 11.8. The summed E-state index contributed by atoms with van der Waals surface area (Å²) >= 11 is 0. The lowest BCUT2D eigenvalue weighted by molar-refractivity contribution is 0.602. The van der Waals surface area contributed by atoms with Crippen molar-refractivity contribution in [3.05, 3.63) is 71.8 Å². The van der Waals surface area contributed by atoms with Gasteiger partial charge in [-0.25, -0.2) is 13.4 Å². The molecule has 1 aliphatic rings. The van der Waals surface area contributed by atoms with E-state index in [4.69, 9.17) is 0 Å². The van der Waals surface area contributed by atoms with Gasteiger partial charge in [-0.05, 0) is 64.9 Å². The van der Waals surface area contributed by atoms with Crippen molar-refractivity contribution in [1.29, 1.82) is 0 Å². The molecule has 1 aliphatic carbocycles. The van der Waals surface area contributed by atoms with Gasteiger partial charge < -0.3 is 4.98 Å². The summed E-state index contributed by atoms with van der Waals surface area (Å²) in [6.45, 7) is 0. The van der Waals surface area contributed by atoms with Crippen molar-refractivity contribution in [2.75, 3.05) is 6.26 Å². The minimum absolute atomic E-state index is 0.346. The first-order valence-electron chi connectivity index (χ1n) is 8.13. The Kier molecular flexibility index (Phi) is 3.81. The monoisotopic (exact) mass is 350 g/mol. The Labute approximate surface area is 147 Å². The summed E-state index contributed by atoms with van der Waals surface area (Å²) in [6, 6.07) is 13.5. The maximum Gasteiger partial charge on any atom is 0.175 e. The molecule has 126 valence electrons. The Bertz CT molecular complexity index is 1060.